The molecule has 0 amide bonds. The number of Topliss-reactive ketones (excluding diaryl/α,β-unsaturated/α-hetero) is 1. The second-order valence-corrected chi connectivity index (χ2v) is 1.92. The van der Waals surface area contributed by atoms with Crippen molar-refractivity contribution >= 4 is 5.78 Å². The molecule has 0 saturated carbocycles. The summed E-state index contributed by atoms with van der Waals surface area (Å²) in [4.78, 5) is 10.5. The first kappa shape index (κ1) is 10.4. The third-order valence-electron chi connectivity index (χ3n) is 1.05. The van der Waals surface area contributed by atoms with Gasteiger partial charge in [-0.15, -0.1) is 0 Å². The standard InChI is InChI=1S/C5H9FO5/c6-5(11)4(10)3(9)2(8)1-7/h2,4-5,7-8,10-11H,1H2/t2-,4-,5?/m1/s1. The van der Waals surface area contributed by atoms with E-state index in [4.69, 9.17) is 20.4 Å². The Bertz CT molecular complexity index is 137. The van der Waals surface area contributed by atoms with E-state index in [9.17, 15) is 9.18 Å². The zero-order valence-corrected chi connectivity index (χ0v) is 5.51. The number of ketones is 1. The number of hydrogen-bond acceptors (Lipinski definition) is 5. The normalized spacial score (nSPS) is 19.0. The Kier molecular flexibility index (Phi) is 4.12. The molecule has 0 bridgehead atoms. The third kappa shape index (κ3) is 2.89. The van der Waals surface area contributed by atoms with E-state index >= 15 is 0 Å². The van der Waals surface area contributed by atoms with E-state index in [1.807, 2.05) is 0 Å². The first-order valence-corrected chi connectivity index (χ1v) is 2.83. The van der Waals surface area contributed by atoms with Gasteiger partial charge in [-0.05, 0) is 0 Å². The Balaban J connectivity index is 4.02. The van der Waals surface area contributed by atoms with Gasteiger partial charge in [-0.25, -0.2) is 4.39 Å². The maximum atomic E-state index is 11.7. The van der Waals surface area contributed by atoms with E-state index in [1.54, 1.807) is 0 Å². The molecule has 0 radical (unpaired) electrons. The van der Waals surface area contributed by atoms with Crippen LogP contribution in [0.25, 0.3) is 0 Å². The second-order valence-electron chi connectivity index (χ2n) is 1.92. The number of carbonyl (C=O) groups is 1. The van der Waals surface area contributed by atoms with Crippen LogP contribution in [0.5, 0.6) is 0 Å². The predicted molar refractivity (Wildman–Crippen MR) is 31.2 cm³/mol. The number of halogens is 1. The molecule has 3 atom stereocenters. The lowest BCUT2D eigenvalue weighted by Gasteiger charge is -2.12. The fourth-order valence-electron chi connectivity index (χ4n) is 0.423. The summed E-state index contributed by atoms with van der Waals surface area (Å²) >= 11 is 0. The molecular formula is C5H9FO5. The van der Waals surface area contributed by atoms with Crippen molar-refractivity contribution in [1.82, 2.24) is 0 Å². The van der Waals surface area contributed by atoms with Gasteiger partial charge in [0.15, 0.2) is 11.9 Å². The lowest BCUT2D eigenvalue weighted by atomic mass is 10.1. The summed E-state index contributed by atoms with van der Waals surface area (Å²) in [5.74, 6) is -1.34. The van der Waals surface area contributed by atoms with Crippen LogP contribution >= 0.6 is 0 Å². The zero-order chi connectivity index (χ0) is 9.02. The molecule has 5 nitrogen and oxygen atoms in total. The summed E-state index contributed by atoms with van der Waals surface area (Å²) in [5, 5.41) is 33.1. The summed E-state index contributed by atoms with van der Waals surface area (Å²) in [6.07, 6.45) is -6.88. The van der Waals surface area contributed by atoms with E-state index < -0.39 is 31.0 Å². The van der Waals surface area contributed by atoms with Gasteiger partial charge in [0.25, 0.3) is 0 Å². The first-order valence-electron chi connectivity index (χ1n) is 2.83. The van der Waals surface area contributed by atoms with E-state index in [0.717, 1.165) is 0 Å². The quantitative estimate of drug-likeness (QED) is 0.374. The SMILES string of the molecule is O=C([C@H](O)CO)[C@@H](O)C(O)F. The molecule has 4 N–H and O–H groups in total. The molecule has 0 aliphatic rings. The molecule has 6 heteroatoms. The summed E-state index contributed by atoms with van der Waals surface area (Å²) in [5.41, 5.74) is 0. The van der Waals surface area contributed by atoms with Crippen molar-refractivity contribution in [1.29, 1.82) is 0 Å². The van der Waals surface area contributed by atoms with Crippen LogP contribution in [0.15, 0.2) is 0 Å². The van der Waals surface area contributed by atoms with E-state index in [0.29, 0.717) is 0 Å². The van der Waals surface area contributed by atoms with Gasteiger partial charge < -0.3 is 20.4 Å². The topological polar surface area (TPSA) is 98.0 Å². The minimum Gasteiger partial charge on any atom is -0.393 e. The monoisotopic (exact) mass is 168 g/mol. The molecule has 0 aliphatic heterocycles. The molecule has 11 heavy (non-hydrogen) atoms. The molecule has 0 rings (SSSR count). The molecule has 1 unspecified atom stereocenters. The highest BCUT2D eigenvalue weighted by Crippen LogP contribution is 1.99. The molecule has 0 spiro atoms. The molecule has 0 heterocycles. The van der Waals surface area contributed by atoms with Crippen LogP contribution in [0.4, 0.5) is 4.39 Å². The zero-order valence-electron chi connectivity index (χ0n) is 5.51. The maximum Gasteiger partial charge on any atom is 0.229 e. The highest BCUT2D eigenvalue weighted by Gasteiger charge is 2.28. The molecule has 0 fully saturated rings. The molecule has 66 valence electrons. The number of rotatable bonds is 4. The van der Waals surface area contributed by atoms with Gasteiger partial charge in [-0.1, -0.05) is 0 Å². The Morgan fingerprint density at radius 1 is 1.36 bits per heavy atom. The number of hydrogen-bond donors (Lipinski definition) is 4. The highest BCUT2D eigenvalue weighted by atomic mass is 19.1. The minimum atomic E-state index is -2.73. The third-order valence-corrected chi connectivity index (χ3v) is 1.05. The smallest absolute Gasteiger partial charge is 0.229 e. The van der Waals surface area contributed by atoms with Crippen molar-refractivity contribution in [3.05, 3.63) is 0 Å². The van der Waals surface area contributed by atoms with Crippen LogP contribution in [-0.4, -0.2) is 51.4 Å². The van der Waals surface area contributed by atoms with Gasteiger partial charge in [-0.3, -0.25) is 4.79 Å². The van der Waals surface area contributed by atoms with Gasteiger partial charge in [0.1, 0.15) is 6.10 Å². The van der Waals surface area contributed by atoms with Crippen LogP contribution < -0.4 is 0 Å². The fraction of sp³-hybridized carbons (Fsp3) is 0.800. The van der Waals surface area contributed by atoms with E-state index in [2.05, 4.69) is 0 Å². The second kappa shape index (κ2) is 4.35. The number of aliphatic hydroxyl groups excluding tert-OH is 4. The largest absolute Gasteiger partial charge is 0.393 e. The molecule has 0 aromatic rings. The highest BCUT2D eigenvalue weighted by molar-refractivity contribution is 5.87. The van der Waals surface area contributed by atoms with Gasteiger partial charge in [-0.2, -0.15) is 0 Å². The van der Waals surface area contributed by atoms with Crippen LogP contribution in [0, 0.1) is 0 Å². The lowest BCUT2D eigenvalue weighted by Crippen LogP contribution is -2.40. The first-order chi connectivity index (χ1) is 5.00. The van der Waals surface area contributed by atoms with E-state index in [1.165, 1.54) is 0 Å². The maximum absolute atomic E-state index is 11.7. The molecular weight excluding hydrogens is 159 g/mol. The summed E-state index contributed by atoms with van der Waals surface area (Å²) in [6.45, 7) is -0.914. The average molecular weight is 168 g/mol. The minimum absolute atomic E-state index is 0.914. The molecule has 0 aliphatic carbocycles. The van der Waals surface area contributed by atoms with Crippen molar-refractivity contribution in [2.45, 2.75) is 18.6 Å². The Hall–Kier alpha value is -0.560. The summed E-state index contributed by atoms with van der Waals surface area (Å²) in [7, 11) is 0. The number of aliphatic hydroxyl groups is 4. The van der Waals surface area contributed by atoms with Crippen molar-refractivity contribution in [3.63, 3.8) is 0 Å². The van der Waals surface area contributed by atoms with Gasteiger partial charge in [0.2, 0.25) is 6.36 Å². The Morgan fingerprint density at radius 3 is 2.09 bits per heavy atom. The number of carbonyl (C=O) groups excluding carboxylic acids is 1. The molecule has 0 saturated heterocycles. The van der Waals surface area contributed by atoms with Crippen molar-refractivity contribution in [2.75, 3.05) is 6.61 Å². The average Bonchev–Trinajstić information content (AvgIpc) is 2.00. The number of alkyl halides is 1. The molecule has 0 aromatic heterocycles. The van der Waals surface area contributed by atoms with Crippen molar-refractivity contribution in [3.8, 4) is 0 Å². The van der Waals surface area contributed by atoms with Crippen LogP contribution in [-0.2, 0) is 4.79 Å². The predicted octanol–water partition coefficient (Wildman–Crippen LogP) is -2.44. The van der Waals surface area contributed by atoms with Crippen molar-refractivity contribution in [2.24, 2.45) is 0 Å². The van der Waals surface area contributed by atoms with Crippen LogP contribution in [0.3, 0.4) is 0 Å². The fourth-order valence-corrected chi connectivity index (χ4v) is 0.423. The van der Waals surface area contributed by atoms with Crippen LogP contribution in [0.1, 0.15) is 0 Å². The Labute approximate surface area is 61.7 Å². The van der Waals surface area contributed by atoms with E-state index in [-0.39, 0.29) is 0 Å². The van der Waals surface area contributed by atoms with Gasteiger partial charge in [0, 0.05) is 0 Å². The molecule has 0 aromatic carbocycles. The van der Waals surface area contributed by atoms with Crippen LogP contribution in [0.2, 0.25) is 0 Å². The summed E-state index contributed by atoms with van der Waals surface area (Å²) < 4.78 is 11.7. The summed E-state index contributed by atoms with van der Waals surface area (Å²) in [6, 6.07) is 0. The van der Waals surface area contributed by atoms with Gasteiger partial charge in [0.05, 0.1) is 6.61 Å². The lowest BCUT2D eigenvalue weighted by molar-refractivity contribution is -0.151. The Morgan fingerprint density at radius 2 is 1.82 bits per heavy atom. The van der Waals surface area contributed by atoms with Gasteiger partial charge >= 0.3 is 0 Å². The van der Waals surface area contributed by atoms with Crippen molar-refractivity contribution < 1.29 is 29.6 Å².